The van der Waals surface area contributed by atoms with Crippen molar-refractivity contribution in [2.75, 3.05) is 36.5 Å². The van der Waals surface area contributed by atoms with Gasteiger partial charge in [-0.3, -0.25) is 4.79 Å². The first-order valence-corrected chi connectivity index (χ1v) is 8.66. The molecule has 4 nitrogen and oxygen atoms in total. The van der Waals surface area contributed by atoms with Crippen LogP contribution in [0.3, 0.4) is 0 Å². The Morgan fingerprint density at radius 2 is 2.04 bits per heavy atom. The molecule has 0 spiro atoms. The number of morpholine rings is 1. The first kappa shape index (κ1) is 14.8. The van der Waals surface area contributed by atoms with E-state index in [-0.39, 0.29) is 5.91 Å². The normalized spacial score (nSPS) is 19.1. The van der Waals surface area contributed by atoms with E-state index in [1.807, 2.05) is 18.2 Å². The predicted molar refractivity (Wildman–Crippen MR) is 95.3 cm³/mol. The third-order valence-corrected chi connectivity index (χ3v) is 5.31. The summed E-state index contributed by atoms with van der Waals surface area (Å²) in [6, 6.07) is 9.64. The number of benzene rings is 1. The Kier molecular flexibility index (Phi) is 3.85. The van der Waals surface area contributed by atoms with Gasteiger partial charge in [-0.2, -0.15) is 0 Å². The SMILES string of the molecule is O=C1Nc2cc(Cl)ccc2/C1=C/c1ccc(N2CCOCC2)s1. The Morgan fingerprint density at radius 1 is 1.22 bits per heavy atom. The molecule has 0 radical (unpaired) electrons. The topological polar surface area (TPSA) is 41.6 Å². The van der Waals surface area contributed by atoms with E-state index in [4.69, 9.17) is 16.3 Å². The molecular formula is C17H15ClN2O2S. The molecule has 0 bridgehead atoms. The van der Waals surface area contributed by atoms with Crippen LogP contribution in [-0.4, -0.2) is 32.2 Å². The minimum Gasteiger partial charge on any atom is -0.378 e. The number of carbonyl (C=O) groups excluding carboxylic acids is 1. The molecule has 1 aromatic heterocycles. The molecule has 0 unspecified atom stereocenters. The van der Waals surface area contributed by atoms with Crippen molar-refractivity contribution in [2.24, 2.45) is 0 Å². The fraction of sp³-hybridized carbons (Fsp3) is 0.235. The van der Waals surface area contributed by atoms with Crippen LogP contribution >= 0.6 is 22.9 Å². The van der Waals surface area contributed by atoms with Crippen molar-refractivity contribution in [3.63, 3.8) is 0 Å². The van der Waals surface area contributed by atoms with Gasteiger partial charge in [-0.05, 0) is 30.3 Å². The van der Waals surface area contributed by atoms with Crippen LogP contribution in [0, 0.1) is 0 Å². The molecule has 0 atom stereocenters. The number of nitrogens with one attached hydrogen (secondary N) is 1. The van der Waals surface area contributed by atoms with E-state index in [1.165, 1.54) is 5.00 Å². The average molecular weight is 347 g/mol. The lowest BCUT2D eigenvalue weighted by Crippen LogP contribution is -2.35. The smallest absolute Gasteiger partial charge is 0.256 e. The number of carbonyl (C=O) groups is 1. The molecule has 1 N–H and O–H groups in total. The standard InChI is InChI=1S/C17H15ClN2O2S/c18-11-1-3-13-14(17(21)19-15(13)9-11)10-12-2-4-16(23-12)20-5-7-22-8-6-20/h1-4,9-10H,5-8H2,(H,19,21)/b14-10-. The van der Waals surface area contributed by atoms with Gasteiger partial charge < -0.3 is 15.0 Å². The first-order valence-electron chi connectivity index (χ1n) is 7.46. The van der Waals surface area contributed by atoms with Crippen molar-refractivity contribution in [3.05, 3.63) is 45.8 Å². The summed E-state index contributed by atoms with van der Waals surface area (Å²) in [6.07, 6.45) is 1.95. The van der Waals surface area contributed by atoms with Crippen LogP contribution < -0.4 is 10.2 Å². The van der Waals surface area contributed by atoms with E-state index >= 15 is 0 Å². The second-order valence-electron chi connectivity index (χ2n) is 5.48. The molecule has 0 saturated carbocycles. The monoisotopic (exact) mass is 346 g/mol. The third kappa shape index (κ3) is 2.87. The van der Waals surface area contributed by atoms with Crippen molar-refractivity contribution in [2.45, 2.75) is 0 Å². The van der Waals surface area contributed by atoms with Crippen molar-refractivity contribution in [3.8, 4) is 0 Å². The van der Waals surface area contributed by atoms with Crippen molar-refractivity contribution < 1.29 is 9.53 Å². The second-order valence-corrected chi connectivity index (χ2v) is 7.01. The highest BCUT2D eigenvalue weighted by Crippen LogP contribution is 2.36. The average Bonchev–Trinajstić information content (AvgIpc) is 3.14. The number of amides is 1. The summed E-state index contributed by atoms with van der Waals surface area (Å²) < 4.78 is 5.39. The fourth-order valence-corrected chi connectivity index (χ4v) is 4.00. The molecule has 1 aromatic carbocycles. The van der Waals surface area contributed by atoms with Gasteiger partial charge >= 0.3 is 0 Å². The van der Waals surface area contributed by atoms with E-state index < -0.39 is 0 Å². The molecular weight excluding hydrogens is 332 g/mol. The molecule has 2 aliphatic heterocycles. The van der Waals surface area contributed by atoms with Gasteiger partial charge in [0, 0.05) is 28.6 Å². The van der Waals surface area contributed by atoms with E-state index in [0.717, 1.165) is 42.4 Å². The summed E-state index contributed by atoms with van der Waals surface area (Å²) in [5, 5.41) is 4.70. The number of anilines is 2. The zero-order valence-electron chi connectivity index (χ0n) is 12.3. The molecule has 0 aliphatic carbocycles. The van der Waals surface area contributed by atoms with Crippen LogP contribution in [0.4, 0.5) is 10.7 Å². The Labute approximate surface area is 143 Å². The minimum atomic E-state index is -0.0800. The maximum Gasteiger partial charge on any atom is 0.256 e. The van der Waals surface area contributed by atoms with Gasteiger partial charge in [0.05, 0.1) is 29.5 Å². The number of fused-ring (bicyclic) bond motifs is 1. The molecule has 2 aromatic rings. The summed E-state index contributed by atoms with van der Waals surface area (Å²) in [6.45, 7) is 3.37. The number of hydrogen-bond donors (Lipinski definition) is 1. The van der Waals surface area contributed by atoms with Crippen molar-refractivity contribution in [1.82, 2.24) is 0 Å². The number of hydrogen-bond acceptors (Lipinski definition) is 4. The van der Waals surface area contributed by atoms with Gasteiger partial charge in [-0.15, -0.1) is 11.3 Å². The zero-order chi connectivity index (χ0) is 15.8. The van der Waals surface area contributed by atoms with E-state index in [9.17, 15) is 4.79 Å². The second kappa shape index (κ2) is 6.00. The first-order chi connectivity index (χ1) is 11.2. The largest absolute Gasteiger partial charge is 0.378 e. The molecule has 1 fully saturated rings. The zero-order valence-corrected chi connectivity index (χ0v) is 13.9. The quantitative estimate of drug-likeness (QED) is 0.842. The van der Waals surface area contributed by atoms with Crippen molar-refractivity contribution >= 4 is 51.2 Å². The van der Waals surface area contributed by atoms with Gasteiger partial charge in [0.25, 0.3) is 5.91 Å². The summed E-state index contributed by atoms with van der Waals surface area (Å²) in [5.74, 6) is -0.0800. The lowest BCUT2D eigenvalue weighted by Gasteiger charge is -2.27. The van der Waals surface area contributed by atoms with E-state index in [2.05, 4.69) is 22.3 Å². The molecule has 3 heterocycles. The van der Waals surface area contributed by atoms with Gasteiger partial charge in [-0.25, -0.2) is 0 Å². The Hall–Kier alpha value is -1.82. The predicted octanol–water partition coefficient (Wildman–Crippen LogP) is 3.73. The van der Waals surface area contributed by atoms with Crippen LogP contribution in [0.2, 0.25) is 5.02 Å². The number of thiophene rings is 1. The lowest BCUT2D eigenvalue weighted by atomic mass is 10.1. The Bertz CT molecular complexity index is 794. The number of nitrogens with zero attached hydrogens (tertiary/aromatic N) is 1. The van der Waals surface area contributed by atoms with Gasteiger partial charge in [0.2, 0.25) is 0 Å². The summed E-state index contributed by atoms with van der Waals surface area (Å²) >= 11 is 7.68. The van der Waals surface area contributed by atoms with E-state index in [0.29, 0.717) is 10.6 Å². The minimum absolute atomic E-state index is 0.0800. The molecule has 6 heteroatoms. The summed E-state index contributed by atoms with van der Waals surface area (Å²) in [5.41, 5.74) is 2.37. The molecule has 4 rings (SSSR count). The maximum atomic E-state index is 12.2. The Balaban J connectivity index is 1.63. The van der Waals surface area contributed by atoms with Crippen LogP contribution in [0.25, 0.3) is 11.6 Å². The number of rotatable bonds is 2. The summed E-state index contributed by atoms with van der Waals surface area (Å²) in [4.78, 5) is 15.6. The van der Waals surface area contributed by atoms with Gasteiger partial charge in [0.15, 0.2) is 0 Å². The number of halogens is 1. The lowest BCUT2D eigenvalue weighted by molar-refractivity contribution is -0.110. The van der Waals surface area contributed by atoms with Gasteiger partial charge in [0.1, 0.15) is 0 Å². The molecule has 1 amide bonds. The maximum absolute atomic E-state index is 12.2. The molecule has 1 saturated heterocycles. The molecule has 2 aliphatic rings. The van der Waals surface area contributed by atoms with Crippen LogP contribution in [0.5, 0.6) is 0 Å². The highest BCUT2D eigenvalue weighted by atomic mass is 35.5. The number of ether oxygens (including phenoxy) is 1. The summed E-state index contributed by atoms with van der Waals surface area (Å²) in [7, 11) is 0. The van der Waals surface area contributed by atoms with Gasteiger partial charge in [-0.1, -0.05) is 17.7 Å². The highest BCUT2D eigenvalue weighted by molar-refractivity contribution is 7.17. The fourth-order valence-electron chi connectivity index (χ4n) is 2.83. The molecule has 118 valence electrons. The highest BCUT2D eigenvalue weighted by Gasteiger charge is 2.24. The third-order valence-electron chi connectivity index (χ3n) is 3.99. The van der Waals surface area contributed by atoms with Crippen molar-refractivity contribution in [1.29, 1.82) is 0 Å². The van der Waals surface area contributed by atoms with Crippen LogP contribution in [0.1, 0.15) is 10.4 Å². The van der Waals surface area contributed by atoms with E-state index in [1.54, 1.807) is 17.4 Å². The Morgan fingerprint density at radius 3 is 2.87 bits per heavy atom. The molecule has 23 heavy (non-hydrogen) atoms. The van der Waals surface area contributed by atoms with Crippen LogP contribution in [-0.2, 0) is 9.53 Å². The van der Waals surface area contributed by atoms with Crippen LogP contribution in [0.15, 0.2) is 30.3 Å².